The molecule has 1 aliphatic rings. The van der Waals surface area contributed by atoms with Gasteiger partial charge in [0.15, 0.2) is 0 Å². The molecule has 0 amide bonds. The number of benzene rings is 1. The summed E-state index contributed by atoms with van der Waals surface area (Å²) in [6.45, 7) is 3.06. The molecule has 1 saturated heterocycles. The predicted molar refractivity (Wildman–Crippen MR) is 72.9 cm³/mol. The number of nitrogens with zero attached hydrogens (tertiary/aromatic N) is 2. The molecule has 1 fully saturated rings. The van der Waals surface area contributed by atoms with E-state index in [1.807, 2.05) is 30.3 Å². The Labute approximate surface area is 108 Å². The largest absolute Gasteiger partial charge is 0.409 e. The minimum absolute atomic E-state index is 0.0192. The lowest BCUT2D eigenvalue weighted by molar-refractivity contribution is 0.225. The lowest BCUT2D eigenvalue weighted by atomic mass is 9.96. The summed E-state index contributed by atoms with van der Waals surface area (Å²) in [7, 11) is 0. The predicted octanol–water partition coefficient (Wildman–Crippen LogP) is 2.00. The van der Waals surface area contributed by atoms with Gasteiger partial charge in [0.2, 0.25) is 0 Å². The van der Waals surface area contributed by atoms with Gasteiger partial charge < -0.3 is 15.8 Å². The molecule has 0 aliphatic carbocycles. The zero-order valence-corrected chi connectivity index (χ0v) is 10.6. The van der Waals surface area contributed by atoms with Gasteiger partial charge in [0.25, 0.3) is 0 Å². The third kappa shape index (κ3) is 3.23. The summed E-state index contributed by atoms with van der Waals surface area (Å²) in [4.78, 5) is 2.40. The van der Waals surface area contributed by atoms with Gasteiger partial charge in [-0.15, -0.1) is 0 Å². The molecule has 0 bridgehead atoms. The minimum atomic E-state index is -0.0192. The third-order valence-corrected chi connectivity index (χ3v) is 3.56. The molecule has 0 spiro atoms. The Morgan fingerprint density at radius 1 is 1.22 bits per heavy atom. The topological polar surface area (TPSA) is 61.9 Å². The molecule has 1 aromatic rings. The molecule has 2 rings (SSSR count). The zero-order chi connectivity index (χ0) is 12.8. The average molecular weight is 247 g/mol. The van der Waals surface area contributed by atoms with E-state index in [2.05, 4.69) is 10.1 Å². The fourth-order valence-electron chi connectivity index (χ4n) is 2.52. The maximum Gasteiger partial charge on any atom is 0.147 e. The van der Waals surface area contributed by atoms with Crippen molar-refractivity contribution in [2.45, 2.75) is 25.2 Å². The van der Waals surface area contributed by atoms with Crippen molar-refractivity contribution in [1.82, 2.24) is 4.90 Å². The molecule has 0 saturated carbocycles. The number of rotatable bonds is 4. The van der Waals surface area contributed by atoms with Crippen LogP contribution in [0.5, 0.6) is 0 Å². The zero-order valence-electron chi connectivity index (χ0n) is 10.6. The van der Waals surface area contributed by atoms with Crippen molar-refractivity contribution in [3.8, 4) is 0 Å². The van der Waals surface area contributed by atoms with Crippen LogP contribution in [0.4, 0.5) is 0 Å². The lowest BCUT2D eigenvalue weighted by Gasteiger charge is -2.30. The minimum Gasteiger partial charge on any atom is -0.409 e. The van der Waals surface area contributed by atoms with Crippen LogP contribution in [0.3, 0.4) is 0 Å². The smallest absolute Gasteiger partial charge is 0.147 e. The summed E-state index contributed by atoms with van der Waals surface area (Å²) in [5, 5.41) is 12.1. The first-order valence-electron chi connectivity index (χ1n) is 6.56. The molecule has 1 unspecified atom stereocenters. The van der Waals surface area contributed by atoms with Crippen LogP contribution >= 0.6 is 0 Å². The van der Waals surface area contributed by atoms with E-state index < -0.39 is 0 Å². The fraction of sp³-hybridized carbons (Fsp3) is 0.500. The number of nitrogens with two attached hydrogens (primary N) is 1. The van der Waals surface area contributed by atoms with E-state index in [0.717, 1.165) is 25.2 Å². The fourth-order valence-corrected chi connectivity index (χ4v) is 2.52. The van der Waals surface area contributed by atoms with Gasteiger partial charge in [-0.25, -0.2) is 0 Å². The van der Waals surface area contributed by atoms with E-state index >= 15 is 0 Å². The van der Waals surface area contributed by atoms with Crippen LogP contribution in [-0.2, 0) is 0 Å². The van der Waals surface area contributed by atoms with Crippen LogP contribution in [0.2, 0.25) is 0 Å². The van der Waals surface area contributed by atoms with Crippen LogP contribution in [0.25, 0.3) is 0 Å². The summed E-state index contributed by atoms with van der Waals surface area (Å²) in [5.74, 6) is 0.279. The van der Waals surface area contributed by atoms with E-state index in [1.165, 1.54) is 19.3 Å². The second-order valence-corrected chi connectivity index (χ2v) is 4.85. The second kappa shape index (κ2) is 6.40. The first-order valence-corrected chi connectivity index (χ1v) is 6.56. The molecule has 18 heavy (non-hydrogen) atoms. The molecule has 1 heterocycles. The Morgan fingerprint density at radius 3 is 2.50 bits per heavy atom. The third-order valence-electron chi connectivity index (χ3n) is 3.56. The van der Waals surface area contributed by atoms with Crippen LogP contribution < -0.4 is 5.73 Å². The van der Waals surface area contributed by atoms with Crippen molar-refractivity contribution in [3.05, 3.63) is 35.9 Å². The average Bonchev–Trinajstić information content (AvgIpc) is 2.46. The molecular weight excluding hydrogens is 226 g/mol. The van der Waals surface area contributed by atoms with Crippen molar-refractivity contribution in [1.29, 1.82) is 0 Å². The van der Waals surface area contributed by atoms with Crippen LogP contribution in [0, 0.1) is 0 Å². The summed E-state index contributed by atoms with van der Waals surface area (Å²) >= 11 is 0. The van der Waals surface area contributed by atoms with E-state index in [1.54, 1.807) is 0 Å². The SMILES string of the molecule is NC(=NO)C(CN1CCCCC1)c1ccccc1. The van der Waals surface area contributed by atoms with Gasteiger partial charge in [0, 0.05) is 6.54 Å². The van der Waals surface area contributed by atoms with Crippen LogP contribution in [0.15, 0.2) is 35.5 Å². The van der Waals surface area contributed by atoms with Gasteiger partial charge in [-0.1, -0.05) is 41.9 Å². The monoisotopic (exact) mass is 247 g/mol. The first-order chi connectivity index (χ1) is 8.81. The second-order valence-electron chi connectivity index (χ2n) is 4.85. The Kier molecular flexibility index (Phi) is 4.59. The number of oxime groups is 1. The molecule has 3 N–H and O–H groups in total. The normalized spacial score (nSPS) is 19.7. The highest BCUT2D eigenvalue weighted by molar-refractivity contribution is 5.87. The molecule has 0 aromatic heterocycles. The maximum absolute atomic E-state index is 8.94. The van der Waals surface area contributed by atoms with Gasteiger partial charge in [-0.05, 0) is 31.5 Å². The Hall–Kier alpha value is -1.55. The summed E-state index contributed by atoms with van der Waals surface area (Å²) in [5.41, 5.74) is 6.95. The van der Waals surface area contributed by atoms with Gasteiger partial charge >= 0.3 is 0 Å². The number of likely N-dealkylation sites (tertiary alicyclic amines) is 1. The summed E-state index contributed by atoms with van der Waals surface area (Å²) in [6.07, 6.45) is 3.81. The van der Waals surface area contributed by atoms with Gasteiger partial charge in [0.1, 0.15) is 5.84 Å². The van der Waals surface area contributed by atoms with E-state index in [-0.39, 0.29) is 5.92 Å². The van der Waals surface area contributed by atoms with Crippen molar-refractivity contribution < 1.29 is 5.21 Å². The molecule has 4 nitrogen and oxygen atoms in total. The number of amidine groups is 1. The molecule has 1 aliphatic heterocycles. The van der Waals surface area contributed by atoms with Crippen molar-refractivity contribution in [3.63, 3.8) is 0 Å². The van der Waals surface area contributed by atoms with E-state index in [4.69, 9.17) is 10.9 Å². The van der Waals surface area contributed by atoms with E-state index in [9.17, 15) is 0 Å². The molecule has 1 aromatic carbocycles. The Bertz CT molecular complexity index is 385. The van der Waals surface area contributed by atoms with Gasteiger partial charge in [-0.2, -0.15) is 0 Å². The highest BCUT2D eigenvalue weighted by Gasteiger charge is 2.21. The Morgan fingerprint density at radius 2 is 1.89 bits per heavy atom. The summed E-state index contributed by atoms with van der Waals surface area (Å²) < 4.78 is 0. The highest BCUT2D eigenvalue weighted by atomic mass is 16.4. The van der Waals surface area contributed by atoms with Crippen molar-refractivity contribution >= 4 is 5.84 Å². The molecule has 0 radical (unpaired) electrons. The number of hydrogen-bond acceptors (Lipinski definition) is 3. The highest BCUT2D eigenvalue weighted by Crippen LogP contribution is 2.19. The maximum atomic E-state index is 8.94. The molecule has 1 atom stereocenters. The Balaban J connectivity index is 2.10. The quantitative estimate of drug-likeness (QED) is 0.370. The van der Waals surface area contributed by atoms with Crippen LogP contribution in [-0.4, -0.2) is 35.6 Å². The molecule has 98 valence electrons. The van der Waals surface area contributed by atoms with Crippen molar-refractivity contribution in [2.24, 2.45) is 10.9 Å². The lowest BCUT2D eigenvalue weighted by Crippen LogP contribution is -2.38. The first kappa shape index (κ1) is 12.9. The molecular formula is C14H21N3O. The van der Waals surface area contributed by atoms with Gasteiger partial charge in [-0.3, -0.25) is 0 Å². The van der Waals surface area contributed by atoms with Crippen LogP contribution in [0.1, 0.15) is 30.7 Å². The number of hydrogen-bond donors (Lipinski definition) is 2. The van der Waals surface area contributed by atoms with E-state index in [0.29, 0.717) is 5.84 Å². The summed E-state index contributed by atoms with van der Waals surface area (Å²) in [6, 6.07) is 10.0. The van der Waals surface area contributed by atoms with Crippen molar-refractivity contribution in [2.75, 3.05) is 19.6 Å². The molecule has 4 heteroatoms. The number of piperidine rings is 1. The standard InChI is InChI=1S/C14H21N3O/c15-14(16-18)13(12-7-3-1-4-8-12)11-17-9-5-2-6-10-17/h1,3-4,7-8,13,18H,2,5-6,9-11H2,(H2,15,16). The van der Waals surface area contributed by atoms with Gasteiger partial charge in [0.05, 0.1) is 5.92 Å².